The first kappa shape index (κ1) is 22.5. The number of carbonyl (C=O) groups excluding carboxylic acids is 1. The van der Waals surface area contributed by atoms with Gasteiger partial charge in [-0.15, -0.1) is 0 Å². The molecule has 0 aliphatic rings. The van der Waals surface area contributed by atoms with E-state index in [0.29, 0.717) is 22.8 Å². The number of halogens is 2. The predicted molar refractivity (Wildman–Crippen MR) is 111 cm³/mol. The van der Waals surface area contributed by atoms with Gasteiger partial charge in [0.2, 0.25) is 15.9 Å². The maximum absolute atomic E-state index is 13.4. The molecule has 11 heteroatoms. The third kappa shape index (κ3) is 5.12. The van der Waals surface area contributed by atoms with E-state index < -0.39 is 38.5 Å². The summed E-state index contributed by atoms with van der Waals surface area (Å²) < 4.78 is 53.7. The van der Waals surface area contributed by atoms with Crippen LogP contribution in [0.3, 0.4) is 0 Å². The largest absolute Gasteiger partial charge is 0.368 e. The van der Waals surface area contributed by atoms with Crippen LogP contribution in [-0.4, -0.2) is 30.3 Å². The van der Waals surface area contributed by atoms with Crippen LogP contribution in [0, 0.1) is 17.6 Å². The fraction of sp³-hybridized carbons (Fsp3) is 0.250. The fourth-order valence-corrected chi connectivity index (χ4v) is 3.91. The monoisotopic (exact) mass is 449 g/mol. The third-order valence-electron chi connectivity index (χ3n) is 4.54. The van der Waals surface area contributed by atoms with Gasteiger partial charge in [-0.3, -0.25) is 4.79 Å². The van der Waals surface area contributed by atoms with Gasteiger partial charge in [0.15, 0.2) is 11.6 Å². The molecule has 1 atom stereocenters. The Balaban J connectivity index is 1.92. The van der Waals surface area contributed by atoms with Crippen molar-refractivity contribution in [1.82, 2.24) is 14.7 Å². The Morgan fingerprint density at radius 2 is 1.81 bits per heavy atom. The number of nitrogens with one attached hydrogen (secondary N) is 2. The number of nitrogens with two attached hydrogens (primary N) is 1. The smallest absolute Gasteiger partial charge is 0.241 e. The number of para-hydroxylation sites is 1. The summed E-state index contributed by atoms with van der Waals surface area (Å²) in [6, 6.07) is 8.56. The van der Waals surface area contributed by atoms with E-state index in [4.69, 9.17) is 5.73 Å². The molecule has 1 aromatic heterocycles. The predicted octanol–water partition coefficient (Wildman–Crippen LogP) is 2.31. The number of hydrogen-bond acceptors (Lipinski definition) is 6. The summed E-state index contributed by atoms with van der Waals surface area (Å²) in [4.78, 5) is 20.0. The van der Waals surface area contributed by atoms with Crippen LogP contribution in [0.1, 0.15) is 19.7 Å². The van der Waals surface area contributed by atoms with Crippen LogP contribution in [0.4, 0.5) is 14.6 Å². The molecule has 0 aliphatic carbocycles. The second-order valence-corrected chi connectivity index (χ2v) is 8.94. The molecule has 2 aromatic carbocycles. The first-order valence-corrected chi connectivity index (χ1v) is 10.8. The molecule has 0 aliphatic heterocycles. The molecule has 3 rings (SSSR count). The first-order chi connectivity index (χ1) is 14.6. The molecule has 4 N–H and O–H groups in total. The van der Waals surface area contributed by atoms with Gasteiger partial charge in [0.1, 0.15) is 17.7 Å². The zero-order valence-electron chi connectivity index (χ0n) is 16.8. The maximum Gasteiger partial charge on any atom is 0.241 e. The Kier molecular flexibility index (Phi) is 6.46. The number of hydrogen-bond donors (Lipinski definition) is 3. The van der Waals surface area contributed by atoms with Crippen LogP contribution < -0.4 is 15.8 Å². The minimum Gasteiger partial charge on any atom is -0.368 e. The van der Waals surface area contributed by atoms with Crippen LogP contribution >= 0.6 is 0 Å². The zero-order valence-corrected chi connectivity index (χ0v) is 17.6. The summed E-state index contributed by atoms with van der Waals surface area (Å²) in [6.45, 7) is 3.33. The van der Waals surface area contributed by atoms with Crippen molar-refractivity contribution in [3.63, 3.8) is 0 Å². The van der Waals surface area contributed by atoms with E-state index in [2.05, 4.69) is 20.0 Å². The summed E-state index contributed by atoms with van der Waals surface area (Å²) in [5, 5.41) is 3.64. The molecular weight excluding hydrogens is 428 g/mol. The molecule has 0 radical (unpaired) electrons. The van der Waals surface area contributed by atoms with Gasteiger partial charge >= 0.3 is 0 Å². The van der Waals surface area contributed by atoms with E-state index in [1.165, 1.54) is 0 Å². The van der Waals surface area contributed by atoms with Crippen molar-refractivity contribution in [2.24, 2.45) is 11.7 Å². The average Bonchev–Trinajstić information content (AvgIpc) is 2.71. The standard InChI is InChI=1S/C20H21F2N5O3S/c1-11(2)18(19(23)28)27-20-13-5-3-4-6-16(13)25-17(26-20)10-24-31(29,30)12-7-8-14(21)15(22)9-12/h3-9,11,18,24H,10H2,1-2H3,(H2,23,28)(H,25,26,27)/t18-/m0/s1. The molecule has 3 aromatic rings. The van der Waals surface area contributed by atoms with Gasteiger partial charge in [-0.2, -0.15) is 0 Å². The highest BCUT2D eigenvalue weighted by Gasteiger charge is 2.22. The van der Waals surface area contributed by atoms with Crippen LogP contribution in [-0.2, 0) is 21.4 Å². The second kappa shape index (κ2) is 8.90. The van der Waals surface area contributed by atoms with E-state index in [1.807, 2.05) is 13.8 Å². The Labute approximate surface area is 177 Å². The van der Waals surface area contributed by atoms with Gasteiger partial charge in [0.05, 0.1) is 17.0 Å². The van der Waals surface area contributed by atoms with Crippen molar-refractivity contribution in [2.45, 2.75) is 31.3 Å². The average molecular weight is 449 g/mol. The number of amides is 1. The van der Waals surface area contributed by atoms with Crippen LogP contribution in [0.2, 0.25) is 0 Å². The van der Waals surface area contributed by atoms with E-state index in [9.17, 15) is 22.0 Å². The maximum atomic E-state index is 13.4. The Morgan fingerprint density at radius 3 is 2.45 bits per heavy atom. The van der Waals surface area contributed by atoms with E-state index in [1.54, 1.807) is 24.3 Å². The number of primary amides is 1. The summed E-state index contributed by atoms with van der Waals surface area (Å²) in [5.74, 6) is -2.67. The Bertz CT molecular complexity index is 1230. The summed E-state index contributed by atoms with van der Waals surface area (Å²) >= 11 is 0. The molecule has 164 valence electrons. The van der Waals surface area contributed by atoms with Gasteiger partial charge in [0, 0.05) is 5.39 Å². The molecule has 0 spiro atoms. The molecule has 0 saturated heterocycles. The lowest BCUT2D eigenvalue weighted by molar-refractivity contribution is -0.119. The molecule has 0 bridgehead atoms. The summed E-state index contributed by atoms with van der Waals surface area (Å²) in [7, 11) is -4.14. The van der Waals surface area contributed by atoms with Crippen molar-refractivity contribution < 1.29 is 22.0 Å². The highest BCUT2D eigenvalue weighted by Crippen LogP contribution is 2.22. The summed E-state index contributed by atoms with van der Waals surface area (Å²) in [5.41, 5.74) is 6.00. The topological polar surface area (TPSA) is 127 Å². The van der Waals surface area contributed by atoms with Gasteiger partial charge in [-0.25, -0.2) is 31.9 Å². The van der Waals surface area contributed by atoms with Gasteiger partial charge in [0.25, 0.3) is 0 Å². The molecular formula is C20H21F2N5O3S. The lowest BCUT2D eigenvalue weighted by Crippen LogP contribution is -2.40. The summed E-state index contributed by atoms with van der Waals surface area (Å²) in [6.07, 6.45) is 0. The highest BCUT2D eigenvalue weighted by molar-refractivity contribution is 7.89. The number of fused-ring (bicyclic) bond motifs is 1. The first-order valence-electron chi connectivity index (χ1n) is 9.34. The zero-order chi connectivity index (χ0) is 22.8. The number of rotatable bonds is 8. The number of sulfonamides is 1. The highest BCUT2D eigenvalue weighted by atomic mass is 32.2. The normalized spacial score (nSPS) is 12.8. The fourth-order valence-electron chi connectivity index (χ4n) is 2.91. The van der Waals surface area contributed by atoms with Crippen LogP contribution in [0.25, 0.3) is 10.9 Å². The van der Waals surface area contributed by atoms with Gasteiger partial charge in [-0.1, -0.05) is 26.0 Å². The van der Waals surface area contributed by atoms with E-state index in [0.717, 1.165) is 12.1 Å². The van der Waals surface area contributed by atoms with E-state index >= 15 is 0 Å². The SMILES string of the molecule is CC(C)[C@H](Nc1nc(CNS(=O)(=O)c2ccc(F)c(F)c2)nc2ccccc12)C(N)=O. The van der Waals surface area contributed by atoms with Gasteiger partial charge in [-0.05, 0) is 36.2 Å². The number of carbonyl (C=O) groups is 1. The molecule has 1 amide bonds. The quantitative estimate of drug-likeness (QED) is 0.484. The number of anilines is 1. The van der Waals surface area contributed by atoms with Crippen molar-refractivity contribution in [1.29, 1.82) is 0 Å². The molecule has 31 heavy (non-hydrogen) atoms. The molecule has 1 heterocycles. The van der Waals surface area contributed by atoms with E-state index in [-0.39, 0.29) is 18.3 Å². The minimum atomic E-state index is -4.14. The molecule has 0 fully saturated rings. The minimum absolute atomic E-state index is 0.110. The lowest BCUT2D eigenvalue weighted by Gasteiger charge is -2.21. The van der Waals surface area contributed by atoms with Crippen LogP contribution in [0.5, 0.6) is 0 Å². The third-order valence-corrected chi connectivity index (χ3v) is 5.94. The molecule has 0 unspecified atom stereocenters. The lowest BCUT2D eigenvalue weighted by atomic mass is 10.0. The van der Waals surface area contributed by atoms with Crippen molar-refractivity contribution in [3.8, 4) is 0 Å². The Hall–Kier alpha value is -3.18. The van der Waals surface area contributed by atoms with Crippen LogP contribution in [0.15, 0.2) is 47.4 Å². The van der Waals surface area contributed by atoms with Crippen molar-refractivity contribution in [3.05, 3.63) is 59.9 Å². The number of aromatic nitrogens is 2. The second-order valence-electron chi connectivity index (χ2n) is 7.17. The van der Waals surface area contributed by atoms with Gasteiger partial charge < -0.3 is 11.1 Å². The number of nitrogens with zero attached hydrogens (tertiary/aromatic N) is 2. The Morgan fingerprint density at radius 1 is 1.10 bits per heavy atom. The number of benzene rings is 2. The van der Waals surface area contributed by atoms with Crippen molar-refractivity contribution >= 4 is 32.7 Å². The molecule has 0 saturated carbocycles. The molecule has 8 nitrogen and oxygen atoms in total. The van der Waals surface area contributed by atoms with Crippen molar-refractivity contribution in [2.75, 3.05) is 5.32 Å².